The molecule has 0 unspecified atom stereocenters. The molecule has 1 aliphatic rings. The number of benzene rings is 1. The molecule has 11 heteroatoms. The van der Waals surface area contributed by atoms with Crippen LogP contribution in [-0.2, 0) is 19.1 Å². The van der Waals surface area contributed by atoms with Crippen LogP contribution in [0.1, 0.15) is 39.2 Å². The highest BCUT2D eigenvalue weighted by atomic mass is 16.5. The number of hydrogen-bond donors (Lipinski definition) is 4. The van der Waals surface area contributed by atoms with Crippen molar-refractivity contribution in [3.05, 3.63) is 29.8 Å². The first kappa shape index (κ1) is 25.4. The lowest BCUT2D eigenvalue weighted by atomic mass is 10.2. The Labute approximate surface area is 180 Å². The number of carbonyl (C=O) groups excluding carboxylic acids is 3. The van der Waals surface area contributed by atoms with E-state index in [4.69, 9.17) is 20.5 Å². The van der Waals surface area contributed by atoms with Gasteiger partial charge in [-0.1, -0.05) is 12.1 Å². The monoisotopic (exact) mass is 435 g/mol. The maximum Gasteiger partial charge on any atom is 0.315 e. The first-order valence-electron chi connectivity index (χ1n) is 9.74. The number of amides is 3. The Hall–Kier alpha value is -3.63. The fourth-order valence-corrected chi connectivity index (χ4v) is 2.84. The molecule has 2 atom stereocenters. The molecule has 0 radical (unpaired) electrons. The third-order valence-electron chi connectivity index (χ3n) is 4.09. The number of carbonyl (C=O) groups is 4. The van der Waals surface area contributed by atoms with E-state index in [1.165, 1.54) is 6.21 Å². The minimum absolute atomic E-state index is 0.0739. The number of rotatable bonds is 7. The molecule has 1 saturated heterocycles. The summed E-state index contributed by atoms with van der Waals surface area (Å²) >= 11 is 0. The van der Waals surface area contributed by atoms with Gasteiger partial charge in [-0.3, -0.25) is 14.4 Å². The molecule has 5 N–H and O–H groups in total. The highest BCUT2D eigenvalue weighted by molar-refractivity contribution is 6.01. The molecule has 1 fully saturated rings. The van der Waals surface area contributed by atoms with Crippen molar-refractivity contribution in [2.75, 3.05) is 18.1 Å². The Morgan fingerprint density at radius 2 is 1.97 bits per heavy atom. The van der Waals surface area contributed by atoms with Crippen LogP contribution in [0.2, 0.25) is 0 Å². The van der Waals surface area contributed by atoms with Gasteiger partial charge in [-0.05, 0) is 38.0 Å². The van der Waals surface area contributed by atoms with Gasteiger partial charge in [0.1, 0.15) is 6.04 Å². The summed E-state index contributed by atoms with van der Waals surface area (Å²) in [5, 5.41) is 16.2. The van der Waals surface area contributed by atoms with Crippen molar-refractivity contribution in [2.24, 2.45) is 10.9 Å². The van der Waals surface area contributed by atoms with Crippen molar-refractivity contribution in [3.8, 4) is 0 Å². The summed E-state index contributed by atoms with van der Waals surface area (Å²) in [6.45, 7) is 5.31. The summed E-state index contributed by atoms with van der Waals surface area (Å²) in [7, 11) is 0. The van der Waals surface area contributed by atoms with Crippen molar-refractivity contribution in [2.45, 2.75) is 45.7 Å². The molecule has 2 rings (SSSR count). The molecule has 11 nitrogen and oxygen atoms in total. The number of hydrogen-bond acceptors (Lipinski definition) is 7. The van der Waals surface area contributed by atoms with Gasteiger partial charge >= 0.3 is 12.0 Å². The Morgan fingerprint density at radius 1 is 1.35 bits per heavy atom. The third kappa shape index (κ3) is 9.15. The van der Waals surface area contributed by atoms with Gasteiger partial charge in [0, 0.05) is 25.2 Å². The number of nitrogens with two attached hydrogens (primary N) is 1. The average Bonchev–Trinajstić information content (AvgIpc) is 3.02. The topological polar surface area (TPSA) is 163 Å². The van der Waals surface area contributed by atoms with Crippen molar-refractivity contribution in [1.82, 2.24) is 10.6 Å². The van der Waals surface area contributed by atoms with Crippen molar-refractivity contribution in [1.29, 1.82) is 0 Å². The van der Waals surface area contributed by atoms with Crippen LogP contribution in [0.25, 0.3) is 0 Å². The first-order valence-corrected chi connectivity index (χ1v) is 9.74. The van der Waals surface area contributed by atoms with Crippen molar-refractivity contribution in [3.63, 3.8) is 0 Å². The number of aliphatic carboxylic acids is 1. The van der Waals surface area contributed by atoms with E-state index in [0.29, 0.717) is 19.6 Å². The summed E-state index contributed by atoms with van der Waals surface area (Å²) in [5.41, 5.74) is 1.58. The highest BCUT2D eigenvalue weighted by Crippen LogP contribution is 2.21. The van der Waals surface area contributed by atoms with Gasteiger partial charge in [-0.25, -0.2) is 4.79 Å². The normalized spacial score (nSPS) is 16.3. The maximum atomic E-state index is 12.6. The summed E-state index contributed by atoms with van der Waals surface area (Å²) in [6.07, 6.45) is 2.09. The molecule has 0 saturated carbocycles. The third-order valence-corrected chi connectivity index (χ3v) is 4.09. The van der Waals surface area contributed by atoms with Crippen molar-refractivity contribution < 1.29 is 29.0 Å². The van der Waals surface area contributed by atoms with E-state index >= 15 is 0 Å². The zero-order valence-corrected chi connectivity index (χ0v) is 17.8. The lowest BCUT2D eigenvalue weighted by molar-refractivity contribution is -0.143. The lowest BCUT2D eigenvalue weighted by Gasteiger charge is -2.19. The number of ether oxygens (including phenoxy) is 1. The number of nitrogens with one attached hydrogen (secondary N) is 2. The largest absolute Gasteiger partial charge is 0.481 e. The molecule has 0 aromatic heterocycles. The van der Waals surface area contributed by atoms with Gasteiger partial charge in [0.15, 0.2) is 0 Å². The SMILES string of the molecule is CC(=O)O.CCOC(=O)C[C@@H](C)NC(=O)N[C@H]1CCN(c2ccc(C=NN)cc2)C1=O. The number of carboxylic acids is 1. The number of anilines is 1. The zero-order valence-electron chi connectivity index (χ0n) is 17.8. The van der Waals surface area contributed by atoms with Crippen LogP contribution in [-0.4, -0.2) is 60.4 Å². The van der Waals surface area contributed by atoms with Gasteiger partial charge in [0.05, 0.1) is 19.2 Å². The second kappa shape index (κ2) is 12.8. The minimum atomic E-state index is -0.833. The van der Waals surface area contributed by atoms with Gasteiger partial charge in [0.2, 0.25) is 5.91 Å². The Kier molecular flexibility index (Phi) is 10.5. The molecular weight excluding hydrogens is 406 g/mol. The van der Waals surface area contributed by atoms with E-state index in [1.54, 1.807) is 30.9 Å². The summed E-state index contributed by atoms with van der Waals surface area (Å²) in [6, 6.07) is 5.74. The van der Waals surface area contributed by atoms with Crippen LogP contribution in [0.4, 0.5) is 10.5 Å². The number of hydrazone groups is 1. The molecular formula is C20H29N5O6. The van der Waals surface area contributed by atoms with Gasteiger partial charge in [0.25, 0.3) is 5.97 Å². The average molecular weight is 435 g/mol. The Morgan fingerprint density at radius 3 is 2.52 bits per heavy atom. The fourth-order valence-electron chi connectivity index (χ4n) is 2.84. The summed E-state index contributed by atoms with van der Waals surface area (Å²) in [4.78, 5) is 46.7. The molecule has 1 aliphatic heterocycles. The molecule has 0 bridgehead atoms. The van der Waals surface area contributed by atoms with Crippen LogP contribution >= 0.6 is 0 Å². The highest BCUT2D eigenvalue weighted by Gasteiger charge is 2.33. The molecule has 170 valence electrons. The van der Waals surface area contributed by atoms with E-state index in [2.05, 4.69) is 15.7 Å². The molecule has 1 aromatic rings. The Balaban J connectivity index is 0.00000110. The van der Waals surface area contributed by atoms with E-state index in [9.17, 15) is 14.4 Å². The second-order valence-electron chi connectivity index (χ2n) is 6.75. The van der Waals surface area contributed by atoms with Crippen LogP contribution in [0.5, 0.6) is 0 Å². The van der Waals surface area contributed by atoms with Crippen LogP contribution in [0.15, 0.2) is 29.4 Å². The second-order valence-corrected chi connectivity index (χ2v) is 6.75. The standard InChI is InChI=1S/C18H25N5O4.C2H4O2/c1-3-27-16(24)10-12(2)21-18(26)22-15-8-9-23(17(15)25)14-6-4-13(5-7-14)11-20-19;1-2(3)4/h4-7,11-12,15H,3,8-10,19H2,1-2H3,(H2,21,22,26);1H3,(H,3,4)/t12-,15+;/m1./s1. The fraction of sp³-hybridized carbons (Fsp3) is 0.450. The molecule has 1 aromatic carbocycles. The van der Waals surface area contributed by atoms with E-state index in [1.807, 2.05) is 12.1 Å². The first-order chi connectivity index (χ1) is 14.7. The van der Waals surface area contributed by atoms with Gasteiger partial charge in [-0.2, -0.15) is 5.10 Å². The van der Waals surface area contributed by atoms with Gasteiger partial charge in [-0.15, -0.1) is 0 Å². The smallest absolute Gasteiger partial charge is 0.315 e. The summed E-state index contributed by atoms with van der Waals surface area (Å²) in [5.74, 6) is 3.73. The number of carboxylic acid groups (broad SMARTS) is 1. The quantitative estimate of drug-likeness (QED) is 0.213. The van der Waals surface area contributed by atoms with E-state index in [-0.39, 0.29) is 18.3 Å². The number of urea groups is 1. The van der Waals surface area contributed by atoms with Crippen LogP contribution in [0.3, 0.4) is 0 Å². The lowest BCUT2D eigenvalue weighted by Crippen LogP contribution is -2.48. The molecule has 0 spiro atoms. The molecule has 31 heavy (non-hydrogen) atoms. The predicted molar refractivity (Wildman–Crippen MR) is 115 cm³/mol. The zero-order chi connectivity index (χ0) is 23.4. The Bertz CT molecular complexity index is 792. The minimum Gasteiger partial charge on any atom is -0.481 e. The van der Waals surface area contributed by atoms with Crippen molar-refractivity contribution >= 4 is 35.8 Å². The molecule has 0 aliphatic carbocycles. The van der Waals surface area contributed by atoms with E-state index in [0.717, 1.165) is 18.2 Å². The molecule has 1 heterocycles. The number of esters is 1. The number of nitrogens with zero attached hydrogens (tertiary/aromatic N) is 2. The maximum absolute atomic E-state index is 12.6. The molecule has 3 amide bonds. The van der Waals surface area contributed by atoms with Crippen LogP contribution < -0.4 is 21.4 Å². The van der Waals surface area contributed by atoms with Gasteiger partial charge < -0.3 is 31.2 Å². The summed E-state index contributed by atoms with van der Waals surface area (Å²) < 4.78 is 4.84. The predicted octanol–water partition coefficient (Wildman–Crippen LogP) is 0.816. The van der Waals surface area contributed by atoms with E-state index < -0.39 is 24.1 Å². The van der Waals surface area contributed by atoms with Crippen LogP contribution in [0, 0.1) is 0 Å².